The second kappa shape index (κ2) is 10.0. The molecule has 0 unspecified atom stereocenters. The SMILES string of the molecule is COc1ccc(CC(=O)O[C@@H](C)C(=O)N2CCN(c3ccccc3)CC2)c(OC)c1. The van der Waals surface area contributed by atoms with Gasteiger partial charge in [0.15, 0.2) is 6.10 Å². The lowest BCUT2D eigenvalue weighted by Crippen LogP contribution is -2.51. The van der Waals surface area contributed by atoms with Crippen LogP contribution in [0, 0.1) is 0 Å². The zero-order valence-electron chi connectivity index (χ0n) is 17.7. The highest BCUT2D eigenvalue weighted by atomic mass is 16.5. The molecule has 160 valence electrons. The van der Waals surface area contributed by atoms with E-state index in [4.69, 9.17) is 14.2 Å². The summed E-state index contributed by atoms with van der Waals surface area (Å²) in [7, 11) is 3.10. The maximum atomic E-state index is 12.7. The van der Waals surface area contributed by atoms with Crippen LogP contribution in [0.2, 0.25) is 0 Å². The van der Waals surface area contributed by atoms with Gasteiger partial charge in [0.25, 0.3) is 5.91 Å². The van der Waals surface area contributed by atoms with E-state index in [0.717, 1.165) is 18.8 Å². The summed E-state index contributed by atoms with van der Waals surface area (Å²) in [5.74, 6) is 0.546. The van der Waals surface area contributed by atoms with Gasteiger partial charge in [0.2, 0.25) is 0 Å². The zero-order chi connectivity index (χ0) is 21.5. The standard InChI is InChI=1S/C23H28N2O5/c1-17(30-22(26)15-18-9-10-20(28-2)16-21(18)29-3)23(27)25-13-11-24(12-14-25)19-7-5-4-6-8-19/h4-10,16-17H,11-15H2,1-3H3/t17-/m0/s1. The molecule has 1 atom stereocenters. The third-order valence-corrected chi connectivity index (χ3v) is 5.20. The first-order valence-corrected chi connectivity index (χ1v) is 10.0. The van der Waals surface area contributed by atoms with Crippen molar-refractivity contribution in [3.8, 4) is 11.5 Å². The molecule has 1 fully saturated rings. The van der Waals surface area contributed by atoms with Crippen molar-refractivity contribution in [2.45, 2.75) is 19.4 Å². The van der Waals surface area contributed by atoms with E-state index < -0.39 is 12.1 Å². The molecule has 7 heteroatoms. The smallest absolute Gasteiger partial charge is 0.311 e. The highest BCUT2D eigenvalue weighted by molar-refractivity contribution is 5.84. The molecule has 1 aliphatic rings. The minimum Gasteiger partial charge on any atom is -0.497 e. The van der Waals surface area contributed by atoms with Crippen LogP contribution in [0.1, 0.15) is 12.5 Å². The van der Waals surface area contributed by atoms with Crippen molar-refractivity contribution in [1.29, 1.82) is 0 Å². The molecule has 1 amide bonds. The van der Waals surface area contributed by atoms with Gasteiger partial charge in [0.1, 0.15) is 11.5 Å². The van der Waals surface area contributed by atoms with Crippen molar-refractivity contribution in [1.82, 2.24) is 4.90 Å². The average Bonchev–Trinajstić information content (AvgIpc) is 2.79. The number of rotatable bonds is 7. The van der Waals surface area contributed by atoms with Gasteiger partial charge in [-0.2, -0.15) is 0 Å². The number of esters is 1. The monoisotopic (exact) mass is 412 g/mol. The Morgan fingerprint density at radius 1 is 0.967 bits per heavy atom. The summed E-state index contributed by atoms with van der Waals surface area (Å²) in [5, 5.41) is 0. The zero-order valence-corrected chi connectivity index (χ0v) is 17.7. The molecule has 3 rings (SSSR count). The molecular weight excluding hydrogens is 384 g/mol. The molecule has 0 saturated carbocycles. The molecule has 0 bridgehead atoms. The van der Waals surface area contributed by atoms with Crippen molar-refractivity contribution in [2.75, 3.05) is 45.3 Å². The Bertz CT molecular complexity index is 863. The van der Waals surface area contributed by atoms with E-state index in [0.29, 0.717) is 30.2 Å². The number of amides is 1. The molecule has 2 aromatic carbocycles. The second-order valence-electron chi connectivity index (χ2n) is 7.13. The lowest BCUT2D eigenvalue weighted by atomic mass is 10.1. The number of carbonyl (C=O) groups excluding carboxylic acids is 2. The molecule has 0 aliphatic carbocycles. The number of piperazine rings is 1. The summed E-state index contributed by atoms with van der Waals surface area (Å²) in [6.45, 7) is 4.32. The van der Waals surface area contributed by atoms with Crippen molar-refractivity contribution in [3.63, 3.8) is 0 Å². The fourth-order valence-corrected chi connectivity index (χ4v) is 3.52. The molecule has 0 spiro atoms. The molecule has 0 radical (unpaired) electrons. The number of para-hydroxylation sites is 1. The summed E-state index contributed by atoms with van der Waals surface area (Å²) in [5.41, 5.74) is 1.83. The Kier molecular flexibility index (Phi) is 7.17. The minimum absolute atomic E-state index is 0.0204. The van der Waals surface area contributed by atoms with Crippen LogP contribution in [0.3, 0.4) is 0 Å². The van der Waals surface area contributed by atoms with E-state index in [-0.39, 0.29) is 12.3 Å². The molecule has 1 heterocycles. The van der Waals surface area contributed by atoms with Gasteiger partial charge in [0, 0.05) is 43.5 Å². The van der Waals surface area contributed by atoms with Crippen LogP contribution in [0.4, 0.5) is 5.69 Å². The first-order chi connectivity index (χ1) is 14.5. The Morgan fingerprint density at radius 2 is 1.67 bits per heavy atom. The number of carbonyl (C=O) groups is 2. The van der Waals surface area contributed by atoms with E-state index >= 15 is 0 Å². The summed E-state index contributed by atoms with van der Waals surface area (Å²) in [6, 6.07) is 15.4. The van der Waals surface area contributed by atoms with Crippen molar-refractivity contribution >= 4 is 17.6 Å². The van der Waals surface area contributed by atoms with Gasteiger partial charge >= 0.3 is 5.97 Å². The number of benzene rings is 2. The Balaban J connectivity index is 1.51. The highest BCUT2D eigenvalue weighted by Crippen LogP contribution is 2.25. The summed E-state index contributed by atoms with van der Waals surface area (Å²) in [6.07, 6.45) is -0.808. The van der Waals surface area contributed by atoms with E-state index in [1.165, 1.54) is 7.11 Å². The molecular formula is C23H28N2O5. The first kappa shape index (κ1) is 21.5. The van der Waals surface area contributed by atoms with E-state index in [9.17, 15) is 9.59 Å². The average molecular weight is 412 g/mol. The maximum Gasteiger partial charge on any atom is 0.311 e. The number of hydrogen-bond donors (Lipinski definition) is 0. The normalized spacial score (nSPS) is 14.8. The first-order valence-electron chi connectivity index (χ1n) is 10.0. The van der Waals surface area contributed by atoms with Gasteiger partial charge in [0.05, 0.1) is 20.6 Å². The number of hydrogen-bond acceptors (Lipinski definition) is 6. The number of nitrogens with zero attached hydrogens (tertiary/aromatic N) is 2. The van der Waals surface area contributed by atoms with E-state index in [1.54, 1.807) is 37.1 Å². The van der Waals surface area contributed by atoms with Gasteiger partial charge in [-0.15, -0.1) is 0 Å². The highest BCUT2D eigenvalue weighted by Gasteiger charge is 2.27. The van der Waals surface area contributed by atoms with Gasteiger partial charge < -0.3 is 24.0 Å². The molecule has 1 aliphatic heterocycles. The van der Waals surface area contributed by atoms with Crippen LogP contribution in [-0.2, 0) is 20.7 Å². The van der Waals surface area contributed by atoms with Gasteiger partial charge in [-0.05, 0) is 25.1 Å². The predicted octanol–water partition coefficient (Wildman–Crippen LogP) is 2.53. The third kappa shape index (κ3) is 5.23. The van der Waals surface area contributed by atoms with E-state index in [1.807, 2.05) is 18.2 Å². The van der Waals surface area contributed by atoms with Crippen LogP contribution < -0.4 is 14.4 Å². The largest absolute Gasteiger partial charge is 0.497 e. The molecule has 7 nitrogen and oxygen atoms in total. The predicted molar refractivity (Wildman–Crippen MR) is 114 cm³/mol. The van der Waals surface area contributed by atoms with Crippen LogP contribution in [-0.4, -0.2) is 63.3 Å². The van der Waals surface area contributed by atoms with E-state index in [2.05, 4.69) is 17.0 Å². The Morgan fingerprint density at radius 3 is 2.30 bits per heavy atom. The van der Waals surface area contributed by atoms with Crippen molar-refractivity contribution < 1.29 is 23.8 Å². The minimum atomic E-state index is -0.829. The quantitative estimate of drug-likeness (QED) is 0.651. The van der Waals surface area contributed by atoms with Crippen LogP contribution in [0.25, 0.3) is 0 Å². The fraction of sp³-hybridized carbons (Fsp3) is 0.391. The summed E-state index contributed by atoms with van der Waals surface area (Å²) >= 11 is 0. The molecule has 2 aromatic rings. The number of methoxy groups -OCH3 is 2. The summed E-state index contributed by atoms with van der Waals surface area (Å²) in [4.78, 5) is 29.1. The topological polar surface area (TPSA) is 68.3 Å². The molecule has 0 N–H and O–H groups in total. The summed E-state index contributed by atoms with van der Waals surface area (Å²) < 4.78 is 15.9. The van der Waals surface area contributed by atoms with Gasteiger partial charge in [-0.3, -0.25) is 9.59 Å². The molecule has 1 saturated heterocycles. The third-order valence-electron chi connectivity index (χ3n) is 5.20. The van der Waals surface area contributed by atoms with Crippen molar-refractivity contribution in [3.05, 3.63) is 54.1 Å². The number of anilines is 1. The number of ether oxygens (including phenoxy) is 3. The van der Waals surface area contributed by atoms with Crippen LogP contribution in [0.5, 0.6) is 11.5 Å². The Labute approximate surface area is 177 Å². The van der Waals surface area contributed by atoms with Crippen LogP contribution >= 0.6 is 0 Å². The van der Waals surface area contributed by atoms with Crippen molar-refractivity contribution in [2.24, 2.45) is 0 Å². The van der Waals surface area contributed by atoms with Crippen LogP contribution in [0.15, 0.2) is 48.5 Å². The second-order valence-corrected chi connectivity index (χ2v) is 7.13. The van der Waals surface area contributed by atoms with Gasteiger partial charge in [-0.25, -0.2) is 0 Å². The fourth-order valence-electron chi connectivity index (χ4n) is 3.52. The lowest BCUT2D eigenvalue weighted by molar-refractivity contribution is -0.158. The van der Waals surface area contributed by atoms with Gasteiger partial charge in [-0.1, -0.05) is 24.3 Å². The molecule has 0 aromatic heterocycles. The molecule has 30 heavy (non-hydrogen) atoms. The Hall–Kier alpha value is -3.22. The maximum absolute atomic E-state index is 12.7. The lowest BCUT2D eigenvalue weighted by Gasteiger charge is -2.37.